The van der Waals surface area contributed by atoms with E-state index in [-0.39, 0.29) is 17.4 Å². The monoisotopic (exact) mass is 266 g/mol. The minimum Gasteiger partial charge on any atom is -0.397 e. The molecule has 2 aromatic rings. The Labute approximate surface area is 109 Å². The third kappa shape index (κ3) is 1.95. The predicted molar refractivity (Wildman–Crippen MR) is 73.4 cm³/mol. The first kappa shape index (κ1) is 12.8. The number of thiophene rings is 1. The Hall–Kier alpha value is -1.62. The van der Waals surface area contributed by atoms with Crippen LogP contribution in [0.4, 0.5) is 10.1 Å². The van der Waals surface area contributed by atoms with Crippen molar-refractivity contribution < 1.29 is 9.18 Å². The van der Waals surface area contributed by atoms with Crippen molar-refractivity contribution in [1.82, 2.24) is 4.90 Å². The number of nitrogens with two attached hydrogens (primary N) is 1. The molecule has 0 aliphatic rings. The van der Waals surface area contributed by atoms with Crippen molar-refractivity contribution in [2.24, 2.45) is 0 Å². The van der Waals surface area contributed by atoms with E-state index < -0.39 is 0 Å². The number of hydrogen-bond acceptors (Lipinski definition) is 3. The average Bonchev–Trinajstić information content (AvgIpc) is 2.69. The minimum absolute atomic E-state index is 0.127. The molecule has 0 bridgehead atoms. The largest absolute Gasteiger partial charge is 0.397 e. The molecule has 0 saturated heterocycles. The SMILES string of the molecule is CCN(CC)C(=O)c1sc2cccc(F)c2c1N. The van der Waals surface area contributed by atoms with Gasteiger partial charge in [-0.3, -0.25) is 4.79 Å². The minimum atomic E-state index is -0.375. The summed E-state index contributed by atoms with van der Waals surface area (Å²) in [6.45, 7) is 5.05. The summed E-state index contributed by atoms with van der Waals surface area (Å²) in [4.78, 5) is 14.4. The zero-order valence-electron chi connectivity index (χ0n) is 10.4. The van der Waals surface area contributed by atoms with Crippen molar-refractivity contribution >= 4 is 33.0 Å². The molecule has 0 spiro atoms. The smallest absolute Gasteiger partial charge is 0.266 e. The van der Waals surface area contributed by atoms with Crippen molar-refractivity contribution in [3.8, 4) is 0 Å². The van der Waals surface area contributed by atoms with Gasteiger partial charge in [0.2, 0.25) is 0 Å². The summed E-state index contributed by atoms with van der Waals surface area (Å²) in [5.74, 6) is -0.502. The molecule has 1 amide bonds. The van der Waals surface area contributed by atoms with Gasteiger partial charge in [0, 0.05) is 17.8 Å². The Morgan fingerprint density at radius 2 is 2.06 bits per heavy atom. The summed E-state index contributed by atoms with van der Waals surface area (Å²) in [7, 11) is 0. The van der Waals surface area contributed by atoms with Crippen molar-refractivity contribution in [2.75, 3.05) is 18.8 Å². The van der Waals surface area contributed by atoms with E-state index in [0.29, 0.717) is 28.1 Å². The highest BCUT2D eigenvalue weighted by Crippen LogP contribution is 2.35. The van der Waals surface area contributed by atoms with Crippen LogP contribution in [0.2, 0.25) is 0 Å². The lowest BCUT2D eigenvalue weighted by molar-refractivity contribution is 0.0779. The fourth-order valence-electron chi connectivity index (χ4n) is 1.94. The standard InChI is InChI=1S/C13H15FN2OS/c1-3-16(4-2)13(17)12-11(15)10-8(14)6-5-7-9(10)18-12/h5-7H,3-4,15H2,1-2H3. The molecule has 18 heavy (non-hydrogen) atoms. The molecule has 0 fully saturated rings. The third-order valence-corrected chi connectivity index (χ3v) is 4.11. The van der Waals surface area contributed by atoms with Crippen LogP contribution in [0.15, 0.2) is 18.2 Å². The summed E-state index contributed by atoms with van der Waals surface area (Å²) < 4.78 is 14.4. The van der Waals surface area contributed by atoms with Crippen LogP contribution < -0.4 is 5.73 Å². The van der Waals surface area contributed by atoms with Crippen molar-refractivity contribution in [3.05, 3.63) is 28.9 Å². The summed E-state index contributed by atoms with van der Waals surface area (Å²) in [6, 6.07) is 4.76. The normalized spacial score (nSPS) is 10.8. The van der Waals surface area contributed by atoms with E-state index in [0.717, 1.165) is 0 Å². The molecule has 0 atom stereocenters. The first-order chi connectivity index (χ1) is 8.60. The number of rotatable bonds is 3. The van der Waals surface area contributed by atoms with Crippen LogP contribution in [0, 0.1) is 5.82 Å². The van der Waals surface area contributed by atoms with Crippen LogP contribution in [-0.2, 0) is 0 Å². The molecule has 0 radical (unpaired) electrons. The molecule has 0 saturated carbocycles. The topological polar surface area (TPSA) is 46.3 Å². The van der Waals surface area contributed by atoms with E-state index in [1.54, 1.807) is 17.0 Å². The highest BCUT2D eigenvalue weighted by atomic mass is 32.1. The number of benzene rings is 1. The van der Waals surface area contributed by atoms with Crippen LogP contribution in [0.25, 0.3) is 10.1 Å². The van der Waals surface area contributed by atoms with E-state index in [2.05, 4.69) is 0 Å². The number of hydrogen-bond donors (Lipinski definition) is 1. The van der Waals surface area contributed by atoms with E-state index in [9.17, 15) is 9.18 Å². The Bertz CT molecular complexity index is 590. The van der Waals surface area contributed by atoms with Crippen LogP contribution in [0.3, 0.4) is 0 Å². The second kappa shape index (κ2) is 4.94. The number of nitrogen functional groups attached to an aromatic ring is 1. The van der Waals surface area contributed by atoms with E-state index in [1.165, 1.54) is 17.4 Å². The molecule has 96 valence electrons. The number of halogens is 1. The van der Waals surface area contributed by atoms with Gasteiger partial charge in [0.05, 0.1) is 11.1 Å². The van der Waals surface area contributed by atoms with Crippen LogP contribution in [0.5, 0.6) is 0 Å². The lowest BCUT2D eigenvalue weighted by Gasteiger charge is -2.17. The number of fused-ring (bicyclic) bond motifs is 1. The zero-order valence-corrected chi connectivity index (χ0v) is 11.2. The van der Waals surface area contributed by atoms with Crippen molar-refractivity contribution in [2.45, 2.75) is 13.8 Å². The van der Waals surface area contributed by atoms with Crippen LogP contribution in [-0.4, -0.2) is 23.9 Å². The van der Waals surface area contributed by atoms with Gasteiger partial charge in [-0.25, -0.2) is 4.39 Å². The van der Waals surface area contributed by atoms with Gasteiger partial charge in [0.25, 0.3) is 5.91 Å². The lowest BCUT2D eigenvalue weighted by Crippen LogP contribution is -2.30. The van der Waals surface area contributed by atoms with Gasteiger partial charge in [-0.1, -0.05) is 6.07 Å². The van der Waals surface area contributed by atoms with Crippen LogP contribution in [0.1, 0.15) is 23.5 Å². The summed E-state index contributed by atoms with van der Waals surface area (Å²) in [5.41, 5.74) is 6.17. The Kier molecular flexibility index (Phi) is 3.52. The van der Waals surface area contributed by atoms with Gasteiger partial charge in [-0.05, 0) is 26.0 Å². The predicted octanol–water partition coefficient (Wildman–Crippen LogP) is 3.10. The van der Waals surface area contributed by atoms with Crippen LogP contribution >= 0.6 is 11.3 Å². The maximum absolute atomic E-state index is 13.7. The number of carbonyl (C=O) groups excluding carboxylic acids is 1. The van der Waals surface area contributed by atoms with Gasteiger partial charge in [-0.2, -0.15) is 0 Å². The molecular weight excluding hydrogens is 251 g/mol. The average molecular weight is 266 g/mol. The molecule has 3 nitrogen and oxygen atoms in total. The second-order valence-corrected chi connectivity index (χ2v) is 4.99. The first-order valence-corrected chi connectivity index (χ1v) is 6.67. The summed E-state index contributed by atoms with van der Waals surface area (Å²) >= 11 is 1.25. The van der Waals surface area contributed by atoms with Crippen molar-refractivity contribution in [3.63, 3.8) is 0 Å². The van der Waals surface area contributed by atoms with E-state index in [4.69, 9.17) is 5.73 Å². The molecule has 2 N–H and O–H groups in total. The fraction of sp³-hybridized carbons (Fsp3) is 0.308. The first-order valence-electron chi connectivity index (χ1n) is 5.85. The van der Waals surface area contributed by atoms with Gasteiger partial charge < -0.3 is 10.6 Å². The molecule has 1 aromatic carbocycles. The maximum atomic E-state index is 13.7. The number of nitrogens with zero attached hydrogens (tertiary/aromatic N) is 1. The quantitative estimate of drug-likeness (QED) is 0.927. The molecule has 0 aliphatic heterocycles. The second-order valence-electron chi connectivity index (χ2n) is 3.94. The highest BCUT2D eigenvalue weighted by Gasteiger charge is 2.21. The van der Waals surface area contributed by atoms with Gasteiger partial charge in [0.15, 0.2) is 0 Å². The van der Waals surface area contributed by atoms with Gasteiger partial charge in [-0.15, -0.1) is 11.3 Å². The fourth-order valence-corrected chi connectivity index (χ4v) is 3.05. The van der Waals surface area contributed by atoms with E-state index in [1.807, 2.05) is 13.8 Å². The highest BCUT2D eigenvalue weighted by molar-refractivity contribution is 7.21. The molecule has 0 unspecified atom stereocenters. The van der Waals surface area contributed by atoms with Crippen molar-refractivity contribution in [1.29, 1.82) is 0 Å². The Balaban J connectivity index is 2.56. The van der Waals surface area contributed by atoms with Gasteiger partial charge >= 0.3 is 0 Å². The number of amides is 1. The molecular formula is C13H15FN2OS. The molecule has 0 aliphatic carbocycles. The summed E-state index contributed by atoms with van der Waals surface area (Å²) in [5, 5.41) is 0.359. The molecule has 2 rings (SSSR count). The molecule has 5 heteroatoms. The number of carbonyl (C=O) groups is 1. The Morgan fingerprint density at radius 1 is 1.39 bits per heavy atom. The molecule has 1 aromatic heterocycles. The summed E-state index contributed by atoms with van der Waals surface area (Å²) in [6.07, 6.45) is 0. The number of anilines is 1. The van der Waals surface area contributed by atoms with E-state index >= 15 is 0 Å². The van der Waals surface area contributed by atoms with Gasteiger partial charge in [0.1, 0.15) is 10.7 Å². The molecule has 1 heterocycles. The zero-order chi connectivity index (χ0) is 13.3. The lowest BCUT2D eigenvalue weighted by atomic mass is 10.2. The third-order valence-electron chi connectivity index (χ3n) is 2.95. The Morgan fingerprint density at radius 3 is 2.61 bits per heavy atom. The maximum Gasteiger partial charge on any atom is 0.266 e.